The molecule has 0 amide bonds. The Hall–Kier alpha value is -2.17. The molecule has 2 rings (SSSR count). The topological polar surface area (TPSA) is 21.3 Å². The number of nitrogens with one attached hydrogen (secondary N) is 1. The SMILES string of the molecule is CCOc1cccc(CNc2ccc(F)c(F)c2F)c1. The van der Waals surface area contributed by atoms with E-state index in [1.54, 1.807) is 6.07 Å². The summed E-state index contributed by atoms with van der Waals surface area (Å²) in [5.74, 6) is -3.19. The van der Waals surface area contributed by atoms with Gasteiger partial charge in [0.05, 0.1) is 12.3 Å². The summed E-state index contributed by atoms with van der Waals surface area (Å²) in [6.45, 7) is 2.71. The van der Waals surface area contributed by atoms with Crippen molar-refractivity contribution in [3.8, 4) is 5.75 Å². The Morgan fingerprint density at radius 3 is 2.60 bits per heavy atom. The third kappa shape index (κ3) is 3.23. The molecule has 106 valence electrons. The van der Waals surface area contributed by atoms with Crippen LogP contribution in [0, 0.1) is 17.5 Å². The van der Waals surface area contributed by atoms with Crippen LogP contribution in [0.1, 0.15) is 12.5 Å². The van der Waals surface area contributed by atoms with Crippen LogP contribution in [0.25, 0.3) is 0 Å². The number of anilines is 1. The summed E-state index contributed by atoms with van der Waals surface area (Å²) in [4.78, 5) is 0. The number of hydrogen-bond acceptors (Lipinski definition) is 2. The number of rotatable bonds is 5. The van der Waals surface area contributed by atoms with Gasteiger partial charge in [0, 0.05) is 6.54 Å². The average Bonchev–Trinajstić information content (AvgIpc) is 2.45. The maximum Gasteiger partial charge on any atom is 0.196 e. The molecule has 0 spiro atoms. The van der Waals surface area contributed by atoms with Gasteiger partial charge in [-0.3, -0.25) is 0 Å². The van der Waals surface area contributed by atoms with Crippen LogP contribution in [0.5, 0.6) is 5.75 Å². The van der Waals surface area contributed by atoms with Crippen molar-refractivity contribution in [2.45, 2.75) is 13.5 Å². The second-order valence-electron chi connectivity index (χ2n) is 4.16. The van der Waals surface area contributed by atoms with Crippen LogP contribution < -0.4 is 10.1 Å². The normalized spacial score (nSPS) is 10.4. The lowest BCUT2D eigenvalue weighted by molar-refractivity contribution is 0.340. The fourth-order valence-electron chi connectivity index (χ4n) is 1.77. The van der Waals surface area contributed by atoms with E-state index in [0.717, 1.165) is 11.6 Å². The average molecular weight is 281 g/mol. The fraction of sp³-hybridized carbons (Fsp3) is 0.200. The standard InChI is InChI=1S/C15H14F3NO/c1-2-20-11-5-3-4-10(8-11)9-19-13-7-6-12(16)14(17)15(13)18/h3-8,19H,2,9H2,1H3. The van der Waals surface area contributed by atoms with Crippen molar-refractivity contribution >= 4 is 5.69 Å². The van der Waals surface area contributed by atoms with Gasteiger partial charge in [-0.15, -0.1) is 0 Å². The van der Waals surface area contributed by atoms with Gasteiger partial charge in [-0.25, -0.2) is 13.2 Å². The second-order valence-corrected chi connectivity index (χ2v) is 4.16. The van der Waals surface area contributed by atoms with Gasteiger partial charge < -0.3 is 10.1 Å². The molecule has 0 aliphatic rings. The molecule has 5 heteroatoms. The highest BCUT2D eigenvalue weighted by atomic mass is 19.2. The van der Waals surface area contributed by atoms with E-state index in [0.29, 0.717) is 12.4 Å². The maximum absolute atomic E-state index is 13.5. The monoisotopic (exact) mass is 281 g/mol. The van der Waals surface area contributed by atoms with Crippen LogP contribution in [-0.2, 0) is 6.54 Å². The van der Waals surface area contributed by atoms with E-state index >= 15 is 0 Å². The molecule has 0 fully saturated rings. The smallest absolute Gasteiger partial charge is 0.196 e. The van der Waals surface area contributed by atoms with Crippen molar-refractivity contribution in [2.75, 3.05) is 11.9 Å². The molecule has 2 nitrogen and oxygen atoms in total. The van der Waals surface area contributed by atoms with Gasteiger partial charge in [-0.05, 0) is 36.8 Å². The molecule has 20 heavy (non-hydrogen) atoms. The van der Waals surface area contributed by atoms with E-state index in [1.807, 2.05) is 25.1 Å². The molecule has 0 bridgehead atoms. The molecule has 0 aliphatic heterocycles. The quantitative estimate of drug-likeness (QED) is 0.833. The van der Waals surface area contributed by atoms with Crippen molar-refractivity contribution in [1.82, 2.24) is 0 Å². The first-order valence-electron chi connectivity index (χ1n) is 6.21. The molecule has 0 saturated heterocycles. The predicted octanol–water partition coefficient (Wildman–Crippen LogP) is 4.11. The van der Waals surface area contributed by atoms with E-state index in [-0.39, 0.29) is 12.2 Å². The molecule has 0 aliphatic carbocycles. The van der Waals surface area contributed by atoms with Crippen molar-refractivity contribution in [2.24, 2.45) is 0 Å². The Bertz CT molecular complexity index is 602. The Morgan fingerprint density at radius 2 is 1.85 bits per heavy atom. The Labute approximate surface area is 115 Å². The highest BCUT2D eigenvalue weighted by Crippen LogP contribution is 2.21. The summed E-state index contributed by atoms with van der Waals surface area (Å²) in [5, 5.41) is 2.73. The largest absolute Gasteiger partial charge is 0.494 e. The zero-order valence-electron chi connectivity index (χ0n) is 10.9. The van der Waals surface area contributed by atoms with Gasteiger partial charge >= 0.3 is 0 Å². The number of ether oxygens (including phenoxy) is 1. The van der Waals surface area contributed by atoms with E-state index in [2.05, 4.69) is 5.32 Å². The number of benzene rings is 2. The van der Waals surface area contributed by atoms with Gasteiger partial charge in [0.15, 0.2) is 17.5 Å². The van der Waals surface area contributed by atoms with Crippen molar-refractivity contribution in [1.29, 1.82) is 0 Å². The number of hydrogen-bond donors (Lipinski definition) is 1. The van der Waals surface area contributed by atoms with Crippen molar-refractivity contribution in [3.63, 3.8) is 0 Å². The summed E-state index contributed by atoms with van der Waals surface area (Å²) in [5.41, 5.74) is 0.769. The minimum atomic E-state index is -1.47. The van der Waals surface area contributed by atoms with Gasteiger partial charge in [-0.2, -0.15) is 0 Å². The zero-order valence-corrected chi connectivity index (χ0v) is 10.9. The highest BCUT2D eigenvalue weighted by Gasteiger charge is 2.12. The minimum absolute atomic E-state index is 0.0780. The third-order valence-corrected chi connectivity index (χ3v) is 2.73. The van der Waals surface area contributed by atoms with E-state index < -0.39 is 17.5 Å². The summed E-state index contributed by atoms with van der Waals surface area (Å²) in [6.07, 6.45) is 0. The molecular formula is C15H14F3NO. The molecule has 0 saturated carbocycles. The lowest BCUT2D eigenvalue weighted by atomic mass is 10.2. The van der Waals surface area contributed by atoms with Crippen LogP contribution >= 0.6 is 0 Å². The summed E-state index contributed by atoms with van der Waals surface area (Å²) >= 11 is 0. The predicted molar refractivity (Wildman–Crippen MR) is 71.3 cm³/mol. The Kier molecular flexibility index (Phi) is 4.50. The minimum Gasteiger partial charge on any atom is -0.494 e. The molecule has 0 heterocycles. The first kappa shape index (κ1) is 14.2. The van der Waals surface area contributed by atoms with Crippen molar-refractivity contribution < 1.29 is 17.9 Å². The fourth-order valence-corrected chi connectivity index (χ4v) is 1.77. The molecule has 2 aromatic carbocycles. The molecule has 0 radical (unpaired) electrons. The van der Waals surface area contributed by atoms with Gasteiger partial charge in [0.2, 0.25) is 0 Å². The summed E-state index contributed by atoms with van der Waals surface area (Å²) in [7, 11) is 0. The third-order valence-electron chi connectivity index (χ3n) is 2.73. The van der Waals surface area contributed by atoms with Gasteiger partial charge in [0.25, 0.3) is 0 Å². The highest BCUT2D eigenvalue weighted by molar-refractivity contribution is 5.46. The van der Waals surface area contributed by atoms with E-state index in [4.69, 9.17) is 4.74 Å². The zero-order chi connectivity index (χ0) is 14.5. The number of halogens is 3. The Morgan fingerprint density at radius 1 is 1.05 bits per heavy atom. The molecule has 0 unspecified atom stereocenters. The van der Waals surface area contributed by atoms with Crippen LogP contribution in [0.2, 0.25) is 0 Å². The second kappa shape index (κ2) is 6.32. The molecule has 0 atom stereocenters. The van der Waals surface area contributed by atoms with Crippen LogP contribution in [0.3, 0.4) is 0 Å². The molecular weight excluding hydrogens is 267 g/mol. The summed E-state index contributed by atoms with van der Waals surface area (Å²) < 4.78 is 44.7. The molecule has 0 aromatic heterocycles. The van der Waals surface area contributed by atoms with Gasteiger partial charge in [-0.1, -0.05) is 12.1 Å². The maximum atomic E-state index is 13.5. The lowest BCUT2D eigenvalue weighted by Gasteiger charge is -2.10. The first-order chi connectivity index (χ1) is 9.61. The van der Waals surface area contributed by atoms with Crippen LogP contribution in [0.4, 0.5) is 18.9 Å². The lowest BCUT2D eigenvalue weighted by Crippen LogP contribution is -2.04. The Balaban J connectivity index is 2.09. The van der Waals surface area contributed by atoms with E-state index in [9.17, 15) is 13.2 Å². The van der Waals surface area contributed by atoms with Gasteiger partial charge in [0.1, 0.15) is 5.75 Å². The summed E-state index contributed by atoms with van der Waals surface area (Å²) in [6, 6.07) is 9.30. The van der Waals surface area contributed by atoms with Crippen LogP contribution in [0.15, 0.2) is 36.4 Å². The molecule has 2 aromatic rings. The first-order valence-corrected chi connectivity index (χ1v) is 6.21. The van der Waals surface area contributed by atoms with Crippen molar-refractivity contribution in [3.05, 3.63) is 59.4 Å². The van der Waals surface area contributed by atoms with Crippen LogP contribution in [-0.4, -0.2) is 6.61 Å². The van der Waals surface area contributed by atoms with E-state index in [1.165, 1.54) is 6.07 Å². The molecule has 1 N–H and O–H groups in total.